The van der Waals surface area contributed by atoms with E-state index in [1.54, 1.807) is 0 Å². The van der Waals surface area contributed by atoms with Gasteiger partial charge in [-0.25, -0.2) is 8.42 Å². The van der Waals surface area contributed by atoms with Crippen molar-refractivity contribution in [1.82, 2.24) is 0 Å². The van der Waals surface area contributed by atoms with Crippen LogP contribution in [0.15, 0.2) is 23.1 Å². The zero-order chi connectivity index (χ0) is 13.8. The van der Waals surface area contributed by atoms with Crippen molar-refractivity contribution in [2.24, 2.45) is 5.92 Å². The van der Waals surface area contributed by atoms with Gasteiger partial charge in [-0.2, -0.15) is 10.5 Å². The van der Waals surface area contributed by atoms with E-state index in [1.807, 2.05) is 26.0 Å². The summed E-state index contributed by atoms with van der Waals surface area (Å²) in [6.07, 6.45) is 0.574. The molecule has 0 unspecified atom stereocenters. The summed E-state index contributed by atoms with van der Waals surface area (Å²) in [4.78, 5) is 0.110. The molecule has 18 heavy (non-hydrogen) atoms. The van der Waals surface area contributed by atoms with Crippen LogP contribution in [0.5, 0.6) is 0 Å². The lowest BCUT2D eigenvalue weighted by Crippen LogP contribution is -2.09. The van der Waals surface area contributed by atoms with E-state index in [-0.39, 0.29) is 21.8 Å². The van der Waals surface area contributed by atoms with Gasteiger partial charge in [0.15, 0.2) is 9.84 Å². The maximum atomic E-state index is 12.0. The Balaban J connectivity index is 3.12. The summed E-state index contributed by atoms with van der Waals surface area (Å²) >= 11 is 0. The molecular weight excluding hydrogens is 248 g/mol. The van der Waals surface area contributed by atoms with Crippen molar-refractivity contribution in [3.63, 3.8) is 0 Å². The van der Waals surface area contributed by atoms with Gasteiger partial charge < -0.3 is 0 Å². The summed E-state index contributed by atoms with van der Waals surface area (Å²) in [5.41, 5.74) is 0.295. The quantitative estimate of drug-likeness (QED) is 0.833. The number of hydrogen-bond donors (Lipinski definition) is 0. The summed E-state index contributed by atoms with van der Waals surface area (Å²) in [6.45, 7) is 3.91. The van der Waals surface area contributed by atoms with E-state index >= 15 is 0 Å². The molecule has 0 spiro atoms. The van der Waals surface area contributed by atoms with Gasteiger partial charge in [-0.1, -0.05) is 13.8 Å². The molecule has 0 atom stereocenters. The minimum atomic E-state index is -3.37. The normalized spacial score (nSPS) is 10.9. The van der Waals surface area contributed by atoms with Crippen LogP contribution in [0, 0.1) is 28.6 Å². The first kappa shape index (κ1) is 14.2. The van der Waals surface area contributed by atoms with E-state index in [9.17, 15) is 8.42 Å². The lowest BCUT2D eigenvalue weighted by molar-refractivity contribution is 0.573. The van der Waals surface area contributed by atoms with Gasteiger partial charge in [0.2, 0.25) is 0 Å². The Bertz CT molecular complexity index is 619. The molecule has 0 radical (unpaired) electrons. The molecule has 0 heterocycles. The van der Waals surface area contributed by atoms with Crippen LogP contribution in [0.3, 0.4) is 0 Å². The molecule has 1 aromatic carbocycles. The number of sulfone groups is 1. The van der Waals surface area contributed by atoms with Crippen molar-refractivity contribution < 1.29 is 8.42 Å². The van der Waals surface area contributed by atoms with Gasteiger partial charge in [-0.3, -0.25) is 0 Å². The molecule has 0 aliphatic carbocycles. The van der Waals surface area contributed by atoms with Crippen molar-refractivity contribution >= 4 is 9.84 Å². The Hall–Kier alpha value is -1.85. The van der Waals surface area contributed by atoms with Crippen molar-refractivity contribution in [2.45, 2.75) is 25.2 Å². The van der Waals surface area contributed by atoms with Gasteiger partial charge in [0.1, 0.15) is 12.1 Å². The lowest BCUT2D eigenvalue weighted by Gasteiger charge is -2.07. The second-order valence-corrected chi connectivity index (χ2v) is 6.54. The van der Waals surface area contributed by atoms with E-state index in [0.29, 0.717) is 12.3 Å². The maximum absolute atomic E-state index is 12.0. The zero-order valence-corrected chi connectivity index (χ0v) is 11.2. The molecule has 0 saturated heterocycles. The Morgan fingerprint density at radius 1 is 1.17 bits per heavy atom. The Labute approximate surface area is 107 Å². The van der Waals surface area contributed by atoms with Gasteiger partial charge in [0, 0.05) is 0 Å². The number of hydrogen-bond acceptors (Lipinski definition) is 4. The van der Waals surface area contributed by atoms with E-state index in [2.05, 4.69) is 0 Å². The number of nitriles is 2. The minimum Gasteiger partial charge on any atom is -0.224 e. The third-order valence-corrected chi connectivity index (χ3v) is 4.30. The molecule has 0 fully saturated rings. The van der Waals surface area contributed by atoms with Crippen molar-refractivity contribution in [1.29, 1.82) is 10.5 Å². The van der Waals surface area contributed by atoms with Crippen molar-refractivity contribution in [3.05, 3.63) is 29.3 Å². The third-order valence-electron chi connectivity index (χ3n) is 2.55. The Kier molecular flexibility index (Phi) is 4.47. The fourth-order valence-corrected chi connectivity index (χ4v) is 3.01. The Morgan fingerprint density at radius 2 is 1.78 bits per heavy atom. The van der Waals surface area contributed by atoms with E-state index in [1.165, 1.54) is 18.2 Å². The molecular formula is C13H14N2O2S. The fourth-order valence-electron chi connectivity index (χ4n) is 1.42. The molecule has 0 amide bonds. The van der Waals surface area contributed by atoms with Crippen LogP contribution >= 0.6 is 0 Å². The molecule has 1 rings (SSSR count). The predicted octanol–water partition coefficient (Wildman–Crippen LogP) is 2.25. The summed E-state index contributed by atoms with van der Waals surface area (Å²) < 4.78 is 24.0. The summed E-state index contributed by atoms with van der Waals surface area (Å²) in [6, 6.07) is 7.73. The van der Waals surface area contributed by atoms with E-state index < -0.39 is 9.84 Å². The highest BCUT2D eigenvalue weighted by Crippen LogP contribution is 2.18. The monoisotopic (exact) mass is 262 g/mol. The minimum absolute atomic E-state index is 0.0570. The van der Waals surface area contributed by atoms with E-state index in [0.717, 1.165) is 0 Å². The highest BCUT2D eigenvalue weighted by atomic mass is 32.2. The summed E-state index contributed by atoms with van der Waals surface area (Å²) in [5, 5.41) is 17.6. The molecule has 94 valence electrons. The first-order chi connectivity index (χ1) is 8.40. The lowest BCUT2D eigenvalue weighted by atomic mass is 10.1. The van der Waals surface area contributed by atoms with Crippen molar-refractivity contribution in [2.75, 3.05) is 5.75 Å². The third kappa shape index (κ3) is 3.32. The van der Waals surface area contributed by atoms with Crippen LogP contribution in [0.2, 0.25) is 0 Å². The van der Waals surface area contributed by atoms with Crippen LogP contribution in [-0.2, 0) is 9.84 Å². The fraction of sp³-hybridized carbons (Fsp3) is 0.385. The van der Waals surface area contributed by atoms with Gasteiger partial charge in [-0.05, 0) is 30.5 Å². The molecule has 0 bridgehead atoms. The van der Waals surface area contributed by atoms with Crippen LogP contribution < -0.4 is 0 Å². The first-order valence-electron chi connectivity index (χ1n) is 5.57. The average molecular weight is 262 g/mol. The van der Waals surface area contributed by atoms with Gasteiger partial charge in [0.05, 0.1) is 21.8 Å². The van der Waals surface area contributed by atoms with Crippen LogP contribution in [0.25, 0.3) is 0 Å². The topological polar surface area (TPSA) is 81.7 Å². The van der Waals surface area contributed by atoms with Gasteiger partial charge in [-0.15, -0.1) is 0 Å². The molecule has 0 aliphatic rings. The molecule has 0 aliphatic heterocycles. The smallest absolute Gasteiger partial charge is 0.178 e. The summed E-state index contributed by atoms with van der Waals surface area (Å²) in [5.74, 6) is 0.357. The van der Waals surface area contributed by atoms with Crippen molar-refractivity contribution in [3.8, 4) is 12.1 Å². The number of nitrogens with zero attached hydrogens (tertiary/aromatic N) is 2. The number of rotatable bonds is 4. The van der Waals surface area contributed by atoms with Crippen LogP contribution in [0.4, 0.5) is 0 Å². The average Bonchev–Trinajstić information content (AvgIpc) is 2.35. The SMILES string of the molecule is CC(C)CCS(=O)(=O)c1ccc(C#N)c(C#N)c1. The summed E-state index contributed by atoms with van der Waals surface area (Å²) in [7, 11) is -3.37. The zero-order valence-electron chi connectivity index (χ0n) is 10.3. The van der Waals surface area contributed by atoms with Crippen LogP contribution in [0.1, 0.15) is 31.4 Å². The molecule has 0 N–H and O–H groups in total. The molecule has 5 heteroatoms. The largest absolute Gasteiger partial charge is 0.224 e. The van der Waals surface area contributed by atoms with Crippen LogP contribution in [-0.4, -0.2) is 14.2 Å². The Morgan fingerprint density at radius 3 is 2.28 bits per heavy atom. The van der Waals surface area contributed by atoms with Gasteiger partial charge >= 0.3 is 0 Å². The van der Waals surface area contributed by atoms with E-state index in [4.69, 9.17) is 10.5 Å². The molecule has 0 saturated carbocycles. The maximum Gasteiger partial charge on any atom is 0.178 e. The molecule has 0 aromatic heterocycles. The highest BCUT2D eigenvalue weighted by molar-refractivity contribution is 7.91. The first-order valence-corrected chi connectivity index (χ1v) is 7.23. The number of benzene rings is 1. The predicted molar refractivity (Wildman–Crippen MR) is 67.4 cm³/mol. The molecule has 1 aromatic rings. The molecule has 4 nitrogen and oxygen atoms in total. The van der Waals surface area contributed by atoms with Gasteiger partial charge in [0.25, 0.3) is 0 Å². The second kappa shape index (κ2) is 5.66. The standard InChI is InChI=1S/C13H14N2O2S/c1-10(2)5-6-18(16,17)13-4-3-11(8-14)12(7-13)9-15/h3-4,7,10H,5-6H2,1-2H3. The highest BCUT2D eigenvalue weighted by Gasteiger charge is 2.16. The second-order valence-electron chi connectivity index (χ2n) is 4.43.